The topological polar surface area (TPSA) is 49.7 Å². The Hall–Kier alpha value is -1.50. The zero-order valence-corrected chi connectivity index (χ0v) is 7.68. The van der Waals surface area contributed by atoms with Crippen molar-refractivity contribution in [2.75, 3.05) is 13.2 Å². The molecule has 2 N–H and O–H groups in total. The van der Waals surface area contributed by atoms with Crippen LogP contribution in [0.5, 0.6) is 5.75 Å². The average Bonchev–Trinajstić information content (AvgIpc) is 2.26. The molecule has 14 heavy (non-hydrogen) atoms. The Kier molecular flexibility index (Phi) is 3.99. The Bertz CT molecular complexity index is 310. The second kappa shape index (κ2) is 5.28. The van der Waals surface area contributed by atoms with Gasteiger partial charge in [0.1, 0.15) is 18.5 Å². The minimum absolute atomic E-state index is 0.0753. The molecular formula is C11H12O3. The summed E-state index contributed by atoms with van der Waals surface area (Å²) in [6, 6.07) is 6.94. The maximum atomic E-state index is 9.01. The maximum Gasteiger partial charge on any atom is 0.119 e. The second-order valence-corrected chi connectivity index (χ2v) is 2.82. The molecule has 0 bridgehead atoms. The van der Waals surface area contributed by atoms with E-state index < -0.39 is 6.10 Å². The van der Waals surface area contributed by atoms with Crippen molar-refractivity contribution in [1.82, 2.24) is 0 Å². The standard InChI is InChI=1S/C11H12O3/c1-2-9-3-5-11(6-4-9)14-8-10(13)7-12/h1,3-6,10,12-13H,7-8H2. The van der Waals surface area contributed by atoms with E-state index in [1.165, 1.54) is 0 Å². The molecule has 0 spiro atoms. The van der Waals surface area contributed by atoms with E-state index in [4.69, 9.17) is 21.4 Å². The van der Waals surface area contributed by atoms with Crippen LogP contribution in [0.25, 0.3) is 0 Å². The van der Waals surface area contributed by atoms with Gasteiger partial charge in [-0.15, -0.1) is 6.42 Å². The van der Waals surface area contributed by atoms with E-state index >= 15 is 0 Å². The molecule has 0 fully saturated rings. The van der Waals surface area contributed by atoms with E-state index in [1.54, 1.807) is 24.3 Å². The molecule has 3 nitrogen and oxygen atoms in total. The maximum absolute atomic E-state index is 9.01. The Balaban J connectivity index is 2.49. The van der Waals surface area contributed by atoms with Gasteiger partial charge in [-0.2, -0.15) is 0 Å². The van der Waals surface area contributed by atoms with Crippen LogP contribution in [0.3, 0.4) is 0 Å². The van der Waals surface area contributed by atoms with Crippen LogP contribution in [0.15, 0.2) is 24.3 Å². The van der Waals surface area contributed by atoms with E-state index in [1.807, 2.05) is 0 Å². The van der Waals surface area contributed by atoms with Crippen LogP contribution in [-0.2, 0) is 0 Å². The molecule has 0 saturated heterocycles. The molecule has 1 atom stereocenters. The Morgan fingerprint density at radius 1 is 1.36 bits per heavy atom. The van der Waals surface area contributed by atoms with E-state index in [9.17, 15) is 0 Å². The lowest BCUT2D eigenvalue weighted by Gasteiger charge is -2.09. The highest BCUT2D eigenvalue weighted by molar-refractivity contribution is 5.36. The molecular weight excluding hydrogens is 180 g/mol. The fourth-order valence-electron chi connectivity index (χ4n) is 0.893. The summed E-state index contributed by atoms with van der Waals surface area (Å²) in [5.41, 5.74) is 0.778. The number of hydrogen-bond acceptors (Lipinski definition) is 3. The van der Waals surface area contributed by atoms with Crippen LogP contribution < -0.4 is 4.74 Å². The van der Waals surface area contributed by atoms with Crippen molar-refractivity contribution < 1.29 is 14.9 Å². The molecule has 0 amide bonds. The summed E-state index contributed by atoms with van der Waals surface area (Å²) < 4.78 is 5.18. The van der Waals surface area contributed by atoms with Gasteiger partial charge in [0.05, 0.1) is 6.61 Å². The van der Waals surface area contributed by atoms with Gasteiger partial charge in [0.15, 0.2) is 0 Å². The zero-order valence-electron chi connectivity index (χ0n) is 7.68. The fourth-order valence-corrected chi connectivity index (χ4v) is 0.893. The summed E-state index contributed by atoms with van der Waals surface area (Å²) in [5.74, 6) is 3.11. The van der Waals surface area contributed by atoms with Crippen molar-refractivity contribution in [2.45, 2.75) is 6.10 Å². The van der Waals surface area contributed by atoms with Gasteiger partial charge < -0.3 is 14.9 Å². The van der Waals surface area contributed by atoms with Gasteiger partial charge in [0.25, 0.3) is 0 Å². The lowest BCUT2D eigenvalue weighted by atomic mass is 10.2. The Morgan fingerprint density at radius 3 is 2.50 bits per heavy atom. The van der Waals surface area contributed by atoms with Gasteiger partial charge in [-0.3, -0.25) is 0 Å². The fraction of sp³-hybridized carbons (Fsp3) is 0.273. The molecule has 0 aliphatic rings. The Labute approximate surface area is 83.0 Å². The van der Waals surface area contributed by atoms with E-state index in [0.29, 0.717) is 5.75 Å². The minimum Gasteiger partial charge on any atom is -0.491 e. The van der Waals surface area contributed by atoms with Crippen molar-refractivity contribution in [2.24, 2.45) is 0 Å². The van der Waals surface area contributed by atoms with Crippen LogP contribution in [0, 0.1) is 12.3 Å². The van der Waals surface area contributed by atoms with Gasteiger partial charge >= 0.3 is 0 Å². The quantitative estimate of drug-likeness (QED) is 0.679. The SMILES string of the molecule is C#Cc1ccc(OCC(O)CO)cc1. The number of aliphatic hydroxyl groups excluding tert-OH is 2. The summed E-state index contributed by atoms with van der Waals surface area (Å²) in [6.45, 7) is -0.228. The predicted octanol–water partition coefficient (Wildman–Crippen LogP) is 0.400. The van der Waals surface area contributed by atoms with Crippen molar-refractivity contribution in [3.05, 3.63) is 29.8 Å². The minimum atomic E-state index is -0.845. The van der Waals surface area contributed by atoms with E-state index in [0.717, 1.165) is 5.56 Å². The van der Waals surface area contributed by atoms with E-state index in [2.05, 4.69) is 5.92 Å². The van der Waals surface area contributed by atoms with Crippen molar-refractivity contribution in [1.29, 1.82) is 0 Å². The number of benzene rings is 1. The van der Waals surface area contributed by atoms with Gasteiger partial charge in [-0.25, -0.2) is 0 Å². The summed E-state index contributed by atoms with van der Waals surface area (Å²) in [4.78, 5) is 0. The molecule has 0 heterocycles. The summed E-state index contributed by atoms with van der Waals surface area (Å²) >= 11 is 0. The lowest BCUT2D eigenvalue weighted by Crippen LogP contribution is -2.21. The number of terminal acetylenes is 1. The predicted molar refractivity (Wildman–Crippen MR) is 53.0 cm³/mol. The van der Waals surface area contributed by atoms with Gasteiger partial charge in [0.2, 0.25) is 0 Å². The summed E-state index contributed by atoms with van der Waals surface area (Å²) in [7, 11) is 0. The van der Waals surface area contributed by atoms with Crippen LogP contribution in [0.1, 0.15) is 5.56 Å². The van der Waals surface area contributed by atoms with Crippen LogP contribution in [0.4, 0.5) is 0 Å². The number of rotatable bonds is 4. The zero-order chi connectivity index (χ0) is 10.4. The first kappa shape index (κ1) is 10.6. The first-order valence-corrected chi connectivity index (χ1v) is 4.24. The molecule has 0 radical (unpaired) electrons. The first-order valence-electron chi connectivity index (χ1n) is 4.24. The number of ether oxygens (including phenoxy) is 1. The number of hydrogen-bond donors (Lipinski definition) is 2. The molecule has 1 unspecified atom stereocenters. The third-order valence-corrected chi connectivity index (χ3v) is 1.67. The van der Waals surface area contributed by atoms with Crippen molar-refractivity contribution in [3.63, 3.8) is 0 Å². The first-order chi connectivity index (χ1) is 6.76. The highest BCUT2D eigenvalue weighted by atomic mass is 16.5. The molecule has 74 valence electrons. The largest absolute Gasteiger partial charge is 0.491 e. The van der Waals surface area contributed by atoms with Crippen molar-refractivity contribution >= 4 is 0 Å². The highest BCUT2D eigenvalue weighted by Crippen LogP contribution is 2.11. The molecule has 1 rings (SSSR count). The lowest BCUT2D eigenvalue weighted by molar-refractivity contribution is 0.0536. The van der Waals surface area contributed by atoms with Crippen LogP contribution in [-0.4, -0.2) is 29.5 Å². The van der Waals surface area contributed by atoms with Crippen LogP contribution in [0.2, 0.25) is 0 Å². The smallest absolute Gasteiger partial charge is 0.119 e. The molecule has 0 aromatic heterocycles. The molecule has 0 aliphatic carbocycles. The van der Waals surface area contributed by atoms with Gasteiger partial charge in [-0.1, -0.05) is 5.92 Å². The van der Waals surface area contributed by atoms with Gasteiger partial charge in [-0.05, 0) is 24.3 Å². The third-order valence-electron chi connectivity index (χ3n) is 1.67. The summed E-state index contributed by atoms with van der Waals surface area (Å²) in [5, 5.41) is 17.6. The monoisotopic (exact) mass is 192 g/mol. The molecule has 3 heteroatoms. The van der Waals surface area contributed by atoms with E-state index in [-0.39, 0.29) is 13.2 Å². The average molecular weight is 192 g/mol. The highest BCUT2D eigenvalue weighted by Gasteiger charge is 2.02. The molecule has 0 aliphatic heterocycles. The van der Waals surface area contributed by atoms with Crippen LogP contribution >= 0.6 is 0 Å². The third kappa shape index (κ3) is 3.09. The summed E-state index contributed by atoms with van der Waals surface area (Å²) in [6.07, 6.45) is 4.33. The van der Waals surface area contributed by atoms with Gasteiger partial charge in [0, 0.05) is 5.56 Å². The van der Waals surface area contributed by atoms with Crippen molar-refractivity contribution in [3.8, 4) is 18.1 Å². The number of aliphatic hydroxyl groups is 2. The molecule has 1 aromatic rings. The Morgan fingerprint density at radius 2 is 2.00 bits per heavy atom. The molecule has 1 aromatic carbocycles. The molecule has 0 saturated carbocycles. The second-order valence-electron chi connectivity index (χ2n) is 2.82. The normalized spacial score (nSPS) is 11.8.